The number of ether oxygens (including phenoxy) is 3. The van der Waals surface area contributed by atoms with Crippen molar-refractivity contribution in [3.63, 3.8) is 0 Å². The van der Waals surface area contributed by atoms with Gasteiger partial charge in [0.15, 0.2) is 17.2 Å². The highest BCUT2D eigenvalue weighted by atomic mass is 16.5. The first kappa shape index (κ1) is 21.6. The lowest BCUT2D eigenvalue weighted by molar-refractivity contribution is 0.0321. The molecule has 1 saturated heterocycles. The average Bonchev–Trinajstić information content (AvgIpc) is 2.77. The van der Waals surface area contributed by atoms with E-state index in [1.165, 1.54) is 24.9 Å². The lowest BCUT2D eigenvalue weighted by Gasteiger charge is -2.26. The first-order valence-corrected chi connectivity index (χ1v) is 9.63. The van der Waals surface area contributed by atoms with Crippen molar-refractivity contribution in [3.8, 4) is 11.5 Å². The highest BCUT2D eigenvalue weighted by Crippen LogP contribution is 2.28. The van der Waals surface area contributed by atoms with E-state index in [1.54, 1.807) is 25.3 Å². The second-order valence-electron chi connectivity index (χ2n) is 6.91. The number of rotatable bonds is 7. The molecule has 1 aliphatic heterocycles. The number of aromatic nitrogens is 2. The van der Waals surface area contributed by atoms with Crippen LogP contribution in [0.1, 0.15) is 5.56 Å². The van der Waals surface area contributed by atoms with Crippen LogP contribution in [0.3, 0.4) is 0 Å². The standard InChI is InChI=1S/C20H27N5O5/c1-23-18(21)17(19(26)24(2)20(23)27)22-13-14-4-5-15(28-3)16(12-14)30-11-8-25-6-9-29-10-7-25/h4-5,12-13H,6-11,21H2,1-3H3. The van der Waals surface area contributed by atoms with Gasteiger partial charge in [-0.3, -0.25) is 18.8 Å². The van der Waals surface area contributed by atoms with Gasteiger partial charge in [0.25, 0.3) is 5.56 Å². The molecule has 0 bridgehead atoms. The van der Waals surface area contributed by atoms with Gasteiger partial charge in [-0.15, -0.1) is 0 Å². The van der Waals surface area contributed by atoms with Crippen LogP contribution >= 0.6 is 0 Å². The van der Waals surface area contributed by atoms with E-state index in [1.807, 2.05) is 0 Å². The molecule has 10 nitrogen and oxygen atoms in total. The van der Waals surface area contributed by atoms with Gasteiger partial charge >= 0.3 is 5.69 Å². The molecule has 2 heterocycles. The van der Waals surface area contributed by atoms with Crippen LogP contribution in [0.15, 0.2) is 32.8 Å². The van der Waals surface area contributed by atoms with Crippen LogP contribution in [-0.2, 0) is 18.8 Å². The molecule has 162 valence electrons. The van der Waals surface area contributed by atoms with Crippen LogP contribution in [0.5, 0.6) is 11.5 Å². The van der Waals surface area contributed by atoms with Crippen molar-refractivity contribution in [2.24, 2.45) is 19.1 Å². The summed E-state index contributed by atoms with van der Waals surface area (Å²) in [6.45, 7) is 4.55. The maximum Gasteiger partial charge on any atom is 0.332 e. The Bertz CT molecular complexity index is 1040. The summed E-state index contributed by atoms with van der Waals surface area (Å²) >= 11 is 0. The van der Waals surface area contributed by atoms with Gasteiger partial charge in [-0.2, -0.15) is 0 Å². The molecule has 0 amide bonds. The minimum atomic E-state index is -0.553. The zero-order chi connectivity index (χ0) is 21.7. The van der Waals surface area contributed by atoms with Gasteiger partial charge in [0, 0.05) is 39.9 Å². The molecule has 2 aromatic rings. The summed E-state index contributed by atoms with van der Waals surface area (Å²) in [6.07, 6.45) is 1.51. The highest BCUT2D eigenvalue weighted by molar-refractivity contribution is 5.84. The fourth-order valence-electron chi connectivity index (χ4n) is 3.10. The third-order valence-corrected chi connectivity index (χ3v) is 4.98. The first-order chi connectivity index (χ1) is 14.4. The Morgan fingerprint density at radius 3 is 2.60 bits per heavy atom. The minimum Gasteiger partial charge on any atom is -0.493 e. The van der Waals surface area contributed by atoms with Crippen molar-refractivity contribution in [1.29, 1.82) is 0 Å². The fourth-order valence-corrected chi connectivity index (χ4v) is 3.10. The van der Waals surface area contributed by atoms with Crippen LogP contribution in [0, 0.1) is 0 Å². The molecule has 1 fully saturated rings. The number of nitrogen functional groups attached to an aromatic ring is 1. The summed E-state index contributed by atoms with van der Waals surface area (Å²) in [6, 6.07) is 5.34. The number of nitrogens with two attached hydrogens (primary N) is 1. The molecule has 0 atom stereocenters. The number of methoxy groups -OCH3 is 1. The van der Waals surface area contributed by atoms with Gasteiger partial charge < -0.3 is 19.9 Å². The molecule has 10 heteroatoms. The molecule has 0 aliphatic carbocycles. The van der Waals surface area contributed by atoms with E-state index in [2.05, 4.69) is 9.89 Å². The predicted octanol–water partition coefficient (Wildman–Crippen LogP) is 0.136. The fraction of sp³-hybridized carbons (Fsp3) is 0.450. The molecule has 0 unspecified atom stereocenters. The lowest BCUT2D eigenvalue weighted by Crippen LogP contribution is -2.38. The number of aliphatic imine (C=N–C) groups is 1. The SMILES string of the molecule is COc1ccc(C=Nc2c(N)n(C)c(=O)n(C)c2=O)cc1OCCN1CCOCC1. The molecule has 1 aliphatic rings. The van der Waals surface area contributed by atoms with Crippen LogP contribution in [0.2, 0.25) is 0 Å². The Kier molecular flexibility index (Phi) is 6.91. The Balaban J connectivity index is 1.78. The normalized spacial score (nSPS) is 14.9. The van der Waals surface area contributed by atoms with Crippen molar-refractivity contribution < 1.29 is 14.2 Å². The average molecular weight is 417 g/mol. The second-order valence-corrected chi connectivity index (χ2v) is 6.91. The van der Waals surface area contributed by atoms with Crippen LogP contribution < -0.4 is 26.5 Å². The van der Waals surface area contributed by atoms with E-state index < -0.39 is 11.2 Å². The zero-order valence-electron chi connectivity index (χ0n) is 17.5. The second kappa shape index (κ2) is 9.59. The molecule has 2 N–H and O–H groups in total. The summed E-state index contributed by atoms with van der Waals surface area (Å²) in [5.41, 5.74) is 5.56. The van der Waals surface area contributed by atoms with E-state index in [0.717, 1.165) is 37.4 Å². The molecule has 1 aromatic heterocycles. The first-order valence-electron chi connectivity index (χ1n) is 9.63. The van der Waals surface area contributed by atoms with Crippen LogP contribution in [0.25, 0.3) is 0 Å². The van der Waals surface area contributed by atoms with Gasteiger partial charge in [-0.25, -0.2) is 9.79 Å². The van der Waals surface area contributed by atoms with Crippen molar-refractivity contribution in [2.45, 2.75) is 0 Å². The molecule has 1 aromatic carbocycles. The Morgan fingerprint density at radius 1 is 1.17 bits per heavy atom. The van der Waals surface area contributed by atoms with E-state index in [9.17, 15) is 9.59 Å². The van der Waals surface area contributed by atoms with Crippen molar-refractivity contribution >= 4 is 17.7 Å². The molecular weight excluding hydrogens is 390 g/mol. The smallest absolute Gasteiger partial charge is 0.332 e. The van der Waals surface area contributed by atoms with Crippen molar-refractivity contribution in [1.82, 2.24) is 14.0 Å². The molecule has 30 heavy (non-hydrogen) atoms. The largest absolute Gasteiger partial charge is 0.493 e. The van der Waals surface area contributed by atoms with Crippen molar-refractivity contribution in [3.05, 3.63) is 44.6 Å². The Hall–Kier alpha value is -3.11. The Labute approximate surface area is 174 Å². The summed E-state index contributed by atoms with van der Waals surface area (Å²) < 4.78 is 18.8. The molecular formula is C20H27N5O5. The minimum absolute atomic E-state index is 0.00482. The van der Waals surface area contributed by atoms with Crippen molar-refractivity contribution in [2.75, 3.05) is 52.3 Å². The van der Waals surface area contributed by atoms with Gasteiger partial charge in [-0.05, 0) is 23.8 Å². The van der Waals surface area contributed by atoms with E-state index in [-0.39, 0.29) is 11.5 Å². The highest BCUT2D eigenvalue weighted by Gasteiger charge is 2.13. The third kappa shape index (κ3) is 4.71. The quantitative estimate of drug-likeness (QED) is 0.638. The monoisotopic (exact) mass is 417 g/mol. The van der Waals surface area contributed by atoms with E-state index in [0.29, 0.717) is 23.7 Å². The molecule has 0 radical (unpaired) electrons. The number of hydrogen-bond donors (Lipinski definition) is 1. The predicted molar refractivity (Wildman–Crippen MR) is 114 cm³/mol. The number of anilines is 1. The van der Waals surface area contributed by atoms with E-state index in [4.69, 9.17) is 19.9 Å². The number of nitrogens with zero attached hydrogens (tertiary/aromatic N) is 4. The maximum atomic E-state index is 12.3. The summed E-state index contributed by atoms with van der Waals surface area (Å²) in [5, 5.41) is 0. The van der Waals surface area contributed by atoms with Gasteiger partial charge in [-0.1, -0.05) is 0 Å². The number of morpholine rings is 1. The zero-order valence-corrected chi connectivity index (χ0v) is 17.5. The summed E-state index contributed by atoms with van der Waals surface area (Å²) in [5.74, 6) is 1.19. The summed E-state index contributed by atoms with van der Waals surface area (Å²) in [7, 11) is 4.45. The molecule has 0 saturated carbocycles. The van der Waals surface area contributed by atoms with Crippen LogP contribution in [-0.4, -0.2) is 66.8 Å². The van der Waals surface area contributed by atoms with Gasteiger partial charge in [0.05, 0.1) is 20.3 Å². The van der Waals surface area contributed by atoms with Gasteiger partial charge in [0.2, 0.25) is 0 Å². The molecule has 0 spiro atoms. The molecule has 3 rings (SSSR count). The van der Waals surface area contributed by atoms with E-state index >= 15 is 0 Å². The third-order valence-electron chi connectivity index (χ3n) is 4.98. The number of benzene rings is 1. The van der Waals surface area contributed by atoms with Gasteiger partial charge in [0.1, 0.15) is 12.4 Å². The topological polar surface area (TPSA) is 113 Å². The lowest BCUT2D eigenvalue weighted by atomic mass is 10.2. The van der Waals surface area contributed by atoms with Crippen LogP contribution in [0.4, 0.5) is 11.5 Å². The Morgan fingerprint density at radius 2 is 1.90 bits per heavy atom. The maximum absolute atomic E-state index is 12.3. The summed E-state index contributed by atoms with van der Waals surface area (Å²) in [4.78, 5) is 30.8. The number of hydrogen-bond acceptors (Lipinski definition) is 8.